The van der Waals surface area contributed by atoms with Crippen molar-refractivity contribution in [3.63, 3.8) is 0 Å². The molecule has 0 saturated heterocycles. The molecule has 5 heteroatoms. The zero-order valence-electron chi connectivity index (χ0n) is 12.6. The fourth-order valence-electron chi connectivity index (χ4n) is 1.74. The van der Waals surface area contributed by atoms with Gasteiger partial charge >= 0.3 is 0 Å². The monoisotopic (exact) mass is 297 g/mol. The Morgan fingerprint density at radius 3 is 2.60 bits per heavy atom. The Hall–Kier alpha value is -1.26. The summed E-state index contributed by atoms with van der Waals surface area (Å²) >= 11 is 5.84. The van der Waals surface area contributed by atoms with Crippen molar-refractivity contribution in [1.29, 1.82) is 0 Å². The molecule has 1 aromatic carbocycles. The Balaban J connectivity index is 2.61. The number of hydrogen-bond donors (Lipinski definition) is 2. The number of carbonyl (C=O) groups is 1. The number of nitrogens with one attached hydrogen (secondary N) is 1. The van der Waals surface area contributed by atoms with E-state index in [1.54, 1.807) is 18.2 Å². The number of anilines is 2. The predicted octanol–water partition coefficient (Wildman–Crippen LogP) is 3.23. The first kappa shape index (κ1) is 16.8. The van der Waals surface area contributed by atoms with Gasteiger partial charge in [-0.2, -0.15) is 0 Å². The lowest BCUT2D eigenvalue weighted by atomic mass is 10.1. The summed E-state index contributed by atoms with van der Waals surface area (Å²) in [6.45, 7) is 7.13. The van der Waals surface area contributed by atoms with Gasteiger partial charge in [-0.25, -0.2) is 0 Å². The van der Waals surface area contributed by atoms with Crippen LogP contribution in [-0.4, -0.2) is 30.4 Å². The highest BCUT2D eigenvalue weighted by atomic mass is 35.5. The van der Waals surface area contributed by atoms with E-state index < -0.39 is 0 Å². The minimum atomic E-state index is -0.205. The van der Waals surface area contributed by atoms with Crippen LogP contribution in [0.2, 0.25) is 5.02 Å². The lowest BCUT2D eigenvalue weighted by Crippen LogP contribution is -2.40. The minimum absolute atomic E-state index is 0.0646. The second kappa shape index (κ2) is 7.50. The van der Waals surface area contributed by atoms with Crippen molar-refractivity contribution in [2.75, 3.05) is 24.6 Å². The Kier molecular flexibility index (Phi) is 6.30. The zero-order valence-corrected chi connectivity index (χ0v) is 13.4. The molecule has 0 spiro atoms. The second-order valence-corrected chi connectivity index (χ2v) is 6.00. The smallest absolute Gasteiger partial charge is 0.241 e. The first-order chi connectivity index (χ1) is 9.31. The van der Waals surface area contributed by atoms with Gasteiger partial charge in [0.1, 0.15) is 0 Å². The highest BCUT2D eigenvalue weighted by Crippen LogP contribution is 2.23. The molecule has 0 saturated carbocycles. The number of amides is 1. The fourth-order valence-corrected chi connectivity index (χ4v) is 1.92. The van der Waals surface area contributed by atoms with Gasteiger partial charge in [0, 0.05) is 5.02 Å². The lowest BCUT2D eigenvalue weighted by Gasteiger charge is -2.24. The molecule has 1 aromatic rings. The first-order valence-corrected chi connectivity index (χ1v) is 7.25. The van der Waals surface area contributed by atoms with Crippen LogP contribution in [0.1, 0.15) is 27.2 Å². The lowest BCUT2D eigenvalue weighted by molar-refractivity contribution is -0.120. The van der Waals surface area contributed by atoms with Gasteiger partial charge in [-0.15, -0.1) is 0 Å². The summed E-state index contributed by atoms with van der Waals surface area (Å²) in [5.41, 5.74) is 6.91. The van der Waals surface area contributed by atoms with Gasteiger partial charge in [0.2, 0.25) is 5.91 Å². The van der Waals surface area contributed by atoms with E-state index in [0.29, 0.717) is 22.3 Å². The molecule has 4 nitrogen and oxygen atoms in total. The molecule has 1 atom stereocenters. The van der Waals surface area contributed by atoms with Crippen LogP contribution in [0.5, 0.6) is 0 Å². The number of halogens is 1. The summed E-state index contributed by atoms with van der Waals surface area (Å²) in [5.74, 6) is 0.560. The summed E-state index contributed by atoms with van der Waals surface area (Å²) < 4.78 is 0. The van der Waals surface area contributed by atoms with E-state index in [-0.39, 0.29) is 11.9 Å². The van der Waals surface area contributed by atoms with Crippen molar-refractivity contribution in [3.8, 4) is 0 Å². The number of nitrogens with zero attached hydrogens (tertiary/aromatic N) is 1. The van der Waals surface area contributed by atoms with Gasteiger partial charge in [-0.1, -0.05) is 25.4 Å². The molecule has 0 bridgehead atoms. The Bertz CT molecular complexity index is 462. The largest absolute Gasteiger partial charge is 0.397 e. The minimum Gasteiger partial charge on any atom is -0.397 e. The molecule has 0 aliphatic rings. The number of carbonyl (C=O) groups excluding carboxylic acids is 1. The number of nitrogen functional groups attached to an aromatic ring is 1. The van der Waals surface area contributed by atoms with Gasteiger partial charge in [0.15, 0.2) is 0 Å². The predicted molar refractivity (Wildman–Crippen MR) is 86.0 cm³/mol. The highest BCUT2D eigenvalue weighted by molar-refractivity contribution is 6.31. The van der Waals surface area contributed by atoms with E-state index >= 15 is 0 Å². The van der Waals surface area contributed by atoms with Gasteiger partial charge in [-0.3, -0.25) is 9.69 Å². The van der Waals surface area contributed by atoms with Crippen LogP contribution in [0.4, 0.5) is 11.4 Å². The van der Waals surface area contributed by atoms with E-state index in [9.17, 15) is 4.79 Å². The van der Waals surface area contributed by atoms with E-state index in [0.717, 1.165) is 13.0 Å². The molecule has 0 aliphatic carbocycles. The van der Waals surface area contributed by atoms with E-state index in [1.807, 2.05) is 18.9 Å². The molecule has 0 fully saturated rings. The number of benzene rings is 1. The quantitative estimate of drug-likeness (QED) is 0.793. The van der Waals surface area contributed by atoms with Crippen LogP contribution in [0.25, 0.3) is 0 Å². The van der Waals surface area contributed by atoms with E-state index in [4.69, 9.17) is 17.3 Å². The second-order valence-electron chi connectivity index (χ2n) is 5.56. The van der Waals surface area contributed by atoms with Crippen LogP contribution in [0.3, 0.4) is 0 Å². The van der Waals surface area contributed by atoms with Crippen molar-refractivity contribution in [2.45, 2.75) is 33.2 Å². The molecule has 112 valence electrons. The summed E-state index contributed by atoms with van der Waals surface area (Å²) in [5, 5.41) is 3.40. The molecule has 3 N–H and O–H groups in total. The molecular weight excluding hydrogens is 274 g/mol. The molecule has 0 heterocycles. The van der Waals surface area contributed by atoms with Crippen LogP contribution < -0.4 is 11.1 Å². The van der Waals surface area contributed by atoms with Crippen LogP contribution in [0.15, 0.2) is 18.2 Å². The molecule has 0 aromatic heterocycles. The van der Waals surface area contributed by atoms with Crippen LogP contribution >= 0.6 is 11.6 Å². The Labute approximate surface area is 126 Å². The summed E-state index contributed by atoms with van der Waals surface area (Å²) in [6.07, 6.45) is 1.07. The summed E-state index contributed by atoms with van der Waals surface area (Å²) in [6, 6.07) is 4.85. The van der Waals surface area contributed by atoms with Crippen molar-refractivity contribution in [2.24, 2.45) is 5.92 Å². The molecular formula is C15H24ClN3O. The normalized spacial score (nSPS) is 12.8. The van der Waals surface area contributed by atoms with E-state index in [2.05, 4.69) is 19.2 Å². The van der Waals surface area contributed by atoms with Crippen LogP contribution in [0, 0.1) is 5.92 Å². The third-order valence-electron chi connectivity index (χ3n) is 3.37. The number of rotatable bonds is 6. The summed E-state index contributed by atoms with van der Waals surface area (Å²) in [7, 11) is 1.96. The van der Waals surface area contributed by atoms with Gasteiger partial charge in [0.25, 0.3) is 0 Å². The van der Waals surface area contributed by atoms with Crippen molar-refractivity contribution in [3.05, 3.63) is 23.2 Å². The molecule has 1 amide bonds. The highest BCUT2D eigenvalue weighted by Gasteiger charge is 2.18. The third-order valence-corrected chi connectivity index (χ3v) is 3.61. The maximum Gasteiger partial charge on any atom is 0.241 e. The average molecular weight is 298 g/mol. The van der Waals surface area contributed by atoms with Crippen molar-refractivity contribution >= 4 is 28.9 Å². The molecule has 0 radical (unpaired) electrons. The zero-order chi connectivity index (χ0) is 15.3. The SMILES string of the molecule is CC(C)CCN(C)C(C)C(=O)Nc1ccc(Cl)cc1N. The van der Waals surface area contributed by atoms with Gasteiger partial charge in [-0.05, 0) is 51.1 Å². The fraction of sp³-hybridized carbons (Fsp3) is 0.533. The van der Waals surface area contributed by atoms with Crippen LogP contribution in [-0.2, 0) is 4.79 Å². The standard InChI is InChI=1S/C15H24ClN3O/c1-10(2)7-8-19(4)11(3)15(20)18-14-6-5-12(16)9-13(14)17/h5-6,9-11H,7-8,17H2,1-4H3,(H,18,20). The molecule has 0 aliphatic heterocycles. The first-order valence-electron chi connectivity index (χ1n) is 6.87. The topological polar surface area (TPSA) is 58.4 Å². The maximum absolute atomic E-state index is 12.2. The van der Waals surface area contributed by atoms with Crippen molar-refractivity contribution < 1.29 is 4.79 Å². The van der Waals surface area contributed by atoms with Gasteiger partial charge < -0.3 is 11.1 Å². The third kappa shape index (κ3) is 5.02. The molecule has 1 unspecified atom stereocenters. The number of hydrogen-bond acceptors (Lipinski definition) is 3. The Morgan fingerprint density at radius 2 is 2.05 bits per heavy atom. The van der Waals surface area contributed by atoms with E-state index in [1.165, 1.54) is 0 Å². The molecule has 20 heavy (non-hydrogen) atoms. The summed E-state index contributed by atoms with van der Waals surface area (Å²) in [4.78, 5) is 14.2. The number of nitrogens with two attached hydrogens (primary N) is 1. The van der Waals surface area contributed by atoms with Gasteiger partial charge in [0.05, 0.1) is 17.4 Å². The maximum atomic E-state index is 12.2. The van der Waals surface area contributed by atoms with Crippen molar-refractivity contribution in [1.82, 2.24) is 4.90 Å². The molecule has 1 rings (SSSR count). The Morgan fingerprint density at radius 1 is 1.40 bits per heavy atom. The average Bonchev–Trinajstić information content (AvgIpc) is 2.38. The number of likely N-dealkylation sites (N-methyl/N-ethyl adjacent to an activating group) is 1.